The summed E-state index contributed by atoms with van der Waals surface area (Å²) in [6.45, 7) is 4.72. The van der Waals surface area contributed by atoms with Crippen molar-refractivity contribution < 1.29 is 14.2 Å². The smallest absolute Gasteiger partial charge is 0.128 e. The number of para-hydroxylation sites is 1. The number of aliphatic hydroxyl groups excluding tert-OH is 1. The van der Waals surface area contributed by atoms with Gasteiger partial charge in [0, 0.05) is 44.0 Å². The fraction of sp³-hybridized carbons (Fsp3) is 0.400. The predicted octanol–water partition coefficient (Wildman–Crippen LogP) is 2.53. The molecule has 0 bridgehead atoms. The Bertz CT molecular complexity index is 645. The second-order valence-corrected chi connectivity index (χ2v) is 6.38. The average molecular weight is 344 g/mol. The van der Waals surface area contributed by atoms with Crippen LogP contribution >= 0.6 is 0 Å². The van der Waals surface area contributed by atoms with E-state index in [2.05, 4.69) is 34.1 Å². The molecule has 0 saturated carbocycles. The van der Waals surface area contributed by atoms with E-state index in [0.717, 1.165) is 26.2 Å². The lowest BCUT2D eigenvalue weighted by Gasteiger charge is -2.36. The summed E-state index contributed by atoms with van der Waals surface area (Å²) in [5.74, 6) is -0.269. The van der Waals surface area contributed by atoms with Crippen LogP contribution in [0, 0.1) is 5.82 Å². The van der Waals surface area contributed by atoms with Crippen molar-refractivity contribution in [2.45, 2.75) is 12.7 Å². The Morgan fingerprint density at radius 1 is 0.960 bits per heavy atom. The molecule has 4 nitrogen and oxygen atoms in total. The van der Waals surface area contributed by atoms with Crippen LogP contribution in [0.3, 0.4) is 0 Å². The van der Waals surface area contributed by atoms with Crippen molar-refractivity contribution in [3.8, 4) is 0 Å². The zero-order valence-corrected chi connectivity index (χ0v) is 14.4. The van der Waals surface area contributed by atoms with E-state index in [4.69, 9.17) is 4.74 Å². The number of benzene rings is 2. The number of anilines is 1. The largest absolute Gasteiger partial charge is 0.389 e. The Morgan fingerprint density at radius 3 is 2.36 bits per heavy atom. The number of aliphatic hydroxyl groups is 1. The maximum absolute atomic E-state index is 13.5. The molecule has 0 radical (unpaired) electrons. The molecule has 5 heteroatoms. The van der Waals surface area contributed by atoms with E-state index in [0.29, 0.717) is 12.1 Å². The van der Waals surface area contributed by atoms with Crippen molar-refractivity contribution in [2.75, 3.05) is 44.2 Å². The van der Waals surface area contributed by atoms with E-state index in [1.165, 1.54) is 11.8 Å². The first-order valence-corrected chi connectivity index (χ1v) is 8.74. The molecule has 0 amide bonds. The normalized spacial score (nSPS) is 16.8. The van der Waals surface area contributed by atoms with E-state index in [9.17, 15) is 9.50 Å². The van der Waals surface area contributed by atoms with Gasteiger partial charge in [-0.1, -0.05) is 36.4 Å². The van der Waals surface area contributed by atoms with Gasteiger partial charge in [0.15, 0.2) is 0 Å². The lowest BCUT2D eigenvalue weighted by Crippen LogP contribution is -2.49. The van der Waals surface area contributed by atoms with Gasteiger partial charge in [0.1, 0.15) is 5.82 Å². The Balaban J connectivity index is 1.36. The fourth-order valence-corrected chi connectivity index (χ4v) is 3.10. The molecule has 3 rings (SSSR count). The highest BCUT2D eigenvalue weighted by Gasteiger charge is 2.19. The minimum absolute atomic E-state index is 0.186. The first kappa shape index (κ1) is 17.9. The molecule has 1 atom stereocenters. The van der Waals surface area contributed by atoms with Crippen LogP contribution in [0.1, 0.15) is 5.56 Å². The summed E-state index contributed by atoms with van der Waals surface area (Å²) in [7, 11) is 0. The molecule has 0 aliphatic carbocycles. The summed E-state index contributed by atoms with van der Waals surface area (Å²) in [5, 5.41) is 10.2. The van der Waals surface area contributed by atoms with Crippen LogP contribution in [-0.2, 0) is 11.3 Å². The Morgan fingerprint density at radius 2 is 1.64 bits per heavy atom. The van der Waals surface area contributed by atoms with Gasteiger partial charge >= 0.3 is 0 Å². The van der Waals surface area contributed by atoms with Crippen LogP contribution in [-0.4, -0.2) is 55.4 Å². The number of β-amino-alcohol motifs (C(OH)–C–C–N with tert-alkyl or cyclic N) is 1. The summed E-state index contributed by atoms with van der Waals surface area (Å²) >= 11 is 0. The molecule has 1 aliphatic rings. The molecule has 0 unspecified atom stereocenters. The second kappa shape index (κ2) is 8.94. The maximum atomic E-state index is 13.5. The SMILES string of the molecule is O[C@H](COCc1ccccc1F)CN1CCN(c2ccccc2)CC1. The highest BCUT2D eigenvalue weighted by Crippen LogP contribution is 2.15. The molecule has 1 fully saturated rings. The van der Waals surface area contributed by atoms with Gasteiger partial charge < -0.3 is 14.7 Å². The van der Waals surface area contributed by atoms with Crippen molar-refractivity contribution in [3.63, 3.8) is 0 Å². The van der Waals surface area contributed by atoms with Gasteiger partial charge in [0.2, 0.25) is 0 Å². The third-order valence-electron chi connectivity index (χ3n) is 4.49. The molecular formula is C20H25FN2O2. The van der Waals surface area contributed by atoms with Gasteiger partial charge in [0.05, 0.1) is 19.3 Å². The van der Waals surface area contributed by atoms with Gasteiger partial charge in [-0.25, -0.2) is 4.39 Å². The molecule has 134 valence electrons. The molecular weight excluding hydrogens is 319 g/mol. The fourth-order valence-electron chi connectivity index (χ4n) is 3.10. The van der Waals surface area contributed by atoms with Crippen LogP contribution in [0.15, 0.2) is 54.6 Å². The third-order valence-corrected chi connectivity index (χ3v) is 4.49. The predicted molar refractivity (Wildman–Crippen MR) is 97.2 cm³/mol. The molecule has 0 spiro atoms. The quantitative estimate of drug-likeness (QED) is 0.837. The van der Waals surface area contributed by atoms with Gasteiger partial charge in [-0.15, -0.1) is 0 Å². The number of rotatable bonds is 7. The topological polar surface area (TPSA) is 35.9 Å². The number of hydrogen-bond donors (Lipinski definition) is 1. The van der Waals surface area contributed by atoms with Crippen molar-refractivity contribution in [2.24, 2.45) is 0 Å². The highest BCUT2D eigenvalue weighted by atomic mass is 19.1. The molecule has 2 aromatic rings. The van der Waals surface area contributed by atoms with Crippen LogP contribution in [0.25, 0.3) is 0 Å². The minimum Gasteiger partial charge on any atom is -0.389 e. The van der Waals surface area contributed by atoms with Crippen LogP contribution in [0.2, 0.25) is 0 Å². The minimum atomic E-state index is -0.560. The summed E-state index contributed by atoms with van der Waals surface area (Å²) in [5.41, 5.74) is 1.77. The molecule has 1 saturated heterocycles. The molecule has 1 N–H and O–H groups in total. The first-order valence-electron chi connectivity index (χ1n) is 8.74. The molecule has 1 heterocycles. The van der Waals surface area contributed by atoms with Gasteiger partial charge in [0.25, 0.3) is 0 Å². The summed E-state index contributed by atoms with van der Waals surface area (Å²) < 4.78 is 19.0. The standard InChI is InChI=1S/C20H25FN2O2/c21-20-9-5-4-6-17(20)15-25-16-19(24)14-22-10-12-23(13-11-22)18-7-2-1-3-8-18/h1-9,19,24H,10-16H2/t19-/m0/s1. The van der Waals surface area contributed by atoms with Gasteiger partial charge in [-0.05, 0) is 18.2 Å². The van der Waals surface area contributed by atoms with E-state index in [-0.39, 0.29) is 19.0 Å². The van der Waals surface area contributed by atoms with Crippen molar-refractivity contribution in [1.29, 1.82) is 0 Å². The summed E-state index contributed by atoms with van der Waals surface area (Å²) in [6, 6.07) is 16.9. The number of ether oxygens (including phenoxy) is 1. The van der Waals surface area contributed by atoms with E-state index in [1.807, 2.05) is 6.07 Å². The van der Waals surface area contributed by atoms with Crippen LogP contribution < -0.4 is 4.90 Å². The van der Waals surface area contributed by atoms with Gasteiger partial charge in [-0.2, -0.15) is 0 Å². The summed E-state index contributed by atoms with van der Waals surface area (Å²) in [6.07, 6.45) is -0.560. The van der Waals surface area contributed by atoms with Crippen LogP contribution in [0.5, 0.6) is 0 Å². The summed E-state index contributed by atoms with van der Waals surface area (Å²) in [4.78, 5) is 4.61. The Hall–Kier alpha value is -1.95. The van der Waals surface area contributed by atoms with Crippen molar-refractivity contribution >= 4 is 5.69 Å². The van der Waals surface area contributed by atoms with Crippen molar-refractivity contribution in [1.82, 2.24) is 4.90 Å². The number of hydrogen-bond acceptors (Lipinski definition) is 4. The molecule has 2 aromatic carbocycles. The van der Waals surface area contributed by atoms with E-state index in [1.54, 1.807) is 18.2 Å². The lowest BCUT2D eigenvalue weighted by molar-refractivity contribution is 0.00839. The van der Waals surface area contributed by atoms with Gasteiger partial charge in [-0.3, -0.25) is 4.90 Å². The third kappa shape index (κ3) is 5.26. The molecule has 0 aromatic heterocycles. The van der Waals surface area contributed by atoms with E-state index < -0.39 is 6.10 Å². The number of piperazine rings is 1. The van der Waals surface area contributed by atoms with Crippen LogP contribution in [0.4, 0.5) is 10.1 Å². The first-order chi connectivity index (χ1) is 12.2. The Kier molecular flexibility index (Phi) is 6.39. The zero-order chi connectivity index (χ0) is 17.5. The zero-order valence-electron chi connectivity index (χ0n) is 14.4. The highest BCUT2D eigenvalue weighted by molar-refractivity contribution is 5.46. The van der Waals surface area contributed by atoms with Crippen molar-refractivity contribution in [3.05, 3.63) is 66.0 Å². The lowest BCUT2D eigenvalue weighted by atomic mass is 10.2. The monoisotopic (exact) mass is 344 g/mol. The Labute approximate surface area is 148 Å². The second-order valence-electron chi connectivity index (χ2n) is 6.38. The average Bonchev–Trinajstić information content (AvgIpc) is 2.65. The van der Waals surface area contributed by atoms with E-state index >= 15 is 0 Å². The molecule has 25 heavy (non-hydrogen) atoms. The number of halogens is 1. The maximum Gasteiger partial charge on any atom is 0.128 e. The number of nitrogens with zero attached hydrogens (tertiary/aromatic N) is 2. The molecule has 1 aliphatic heterocycles.